The number of ether oxygens (including phenoxy) is 3. The summed E-state index contributed by atoms with van der Waals surface area (Å²) in [6.45, 7) is 12.2. The van der Waals surface area contributed by atoms with Crippen LogP contribution in [0.3, 0.4) is 0 Å². The third kappa shape index (κ3) is 6.74. The Morgan fingerprint density at radius 1 is 1.47 bits per heavy atom. The van der Waals surface area contributed by atoms with Gasteiger partial charge in [0.2, 0.25) is 5.79 Å². The van der Waals surface area contributed by atoms with Crippen molar-refractivity contribution in [3.05, 3.63) is 25.5 Å². The molecule has 0 aromatic heterocycles. The zero-order chi connectivity index (χ0) is 11.9. The van der Waals surface area contributed by atoms with E-state index in [0.29, 0.717) is 0 Å². The molecule has 0 aromatic carbocycles. The van der Waals surface area contributed by atoms with Crippen LogP contribution in [0.15, 0.2) is 25.5 Å². The van der Waals surface area contributed by atoms with Crippen LogP contribution in [0.5, 0.6) is 0 Å². The highest BCUT2D eigenvalue weighted by Gasteiger charge is 2.22. The molecule has 0 aromatic rings. The molecule has 0 fully saturated rings. The third-order valence-corrected chi connectivity index (χ3v) is 1.48. The summed E-state index contributed by atoms with van der Waals surface area (Å²) in [5, 5.41) is 0. The number of carbonyl (C=O) groups is 1. The molecule has 0 aliphatic rings. The van der Waals surface area contributed by atoms with E-state index in [1.165, 1.54) is 6.26 Å². The maximum Gasteiger partial charge on any atom is 0.330 e. The van der Waals surface area contributed by atoms with Gasteiger partial charge in [-0.15, -0.1) is 0 Å². The maximum atomic E-state index is 10.8. The molecule has 0 N–H and O–H groups in total. The van der Waals surface area contributed by atoms with E-state index in [4.69, 9.17) is 14.2 Å². The van der Waals surface area contributed by atoms with Gasteiger partial charge in [-0.25, -0.2) is 4.79 Å². The largest absolute Gasteiger partial charge is 0.471 e. The molecular weight excluding hydrogens is 196 g/mol. The molecule has 0 radical (unpaired) electrons. The lowest BCUT2D eigenvalue weighted by atomic mass is 10.3. The van der Waals surface area contributed by atoms with Crippen LogP contribution in [-0.2, 0) is 19.0 Å². The minimum Gasteiger partial charge on any atom is -0.471 e. The van der Waals surface area contributed by atoms with Crippen LogP contribution in [0, 0.1) is 0 Å². The van der Waals surface area contributed by atoms with Gasteiger partial charge in [0, 0.05) is 19.9 Å². The lowest BCUT2D eigenvalue weighted by Crippen LogP contribution is -2.33. The molecule has 4 nitrogen and oxygen atoms in total. The molecule has 0 rings (SSSR count). The summed E-state index contributed by atoms with van der Waals surface area (Å²) < 4.78 is 15.4. The molecule has 0 saturated heterocycles. The van der Waals surface area contributed by atoms with Crippen molar-refractivity contribution in [3.63, 3.8) is 0 Å². The van der Waals surface area contributed by atoms with Gasteiger partial charge in [-0.05, 0) is 6.92 Å². The SMILES string of the molecule is C=COC(C)(C)OC(C)COC(=O)C=C. The number of rotatable bonds is 7. The van der Waals surface area contributed by atoms with Crippen LogP contribution < -0.4 is 0 Å². The van der Waals surface area contributed by atoms with Crippen LogP contribution in [0.2, 0.25) is 0 Å². The molecule has 0 saturated carbocycles. The second-order valence-electron chi connectivity index (χ2n) is 3.45. The molecule has 1 atom stereocenters. The van der Waals surface area contributed by atoms with Crippen molar-refractivity contribution in [2.24, 2.45) is 0 Å². The van der Waals surface area contributed by atoms with E-state index < -0.39 is 11.8 Å². The third-order valence-electron chi connectivity index (χ3n) is 1.48. The zero-order valence-corrected chi connectivity index (χ0v) is 9.49. The van der Waals surface area contributed by atoms with E-state index in [2.05, 4.69) is 13.2 Å². The molecule has 86 valence electrons. The first-order valence-corrected chi connectivity index (χ1v) is 4.67. The quantitative estimate of drug-likeness (QED) is 0.281. The second-order valence-corrected chi connectivity index (χ2v) is 3.45. The standard InChI is InChI=1S/C11H18O4/c1-6-10(12)13-8-9(3)15-11(4,5)14-7-2/h6-7,9H,1-2,8H2,3-5H3. The summed E-state index contributed by atoms with van der Waals surface area (Å²) >= 11 is 0. The van der Waals surface area contributed by atoms with Crippen LogP contribution in [0.4, 0.5) is 0 Å². The van der Waals surface area contributed by atoms with Gasteiger partial charge in [0.15, 0.2) is 0 Å². The summed E-state index contributed by atoms with van der Waals surface area (Å²) in [7, 11) is 0. The van der Waals surface area contributed by atoms with Crippen molar-refractivity contribution in [1.29, 1.82) is 0 Å². The summed E-state index contributed by atoms with van der Waals surface area (Å²) in [5.74, 6) is -1.24. The normalized spacial score (nSPS) is 12.7. The Morgan fingerprint density at radius 2 is 2.07 bits per heavy atom. The highest BCUT2D eigenvalue weighted by molar-refractivity contribution is 5.81. The Bertz CT molecular complexity index is 233. The summed E-state index contributed by atoms with van der Waals surface area (Å²) in [6, 6.07) is 0. The van der Waals surface area contributed by atoms with Gasteiger partial charge in [-0.3, -0.25) is 0 Å². The summed E-state index contributed by atoms with van der Waals surface area (Å²) in [6.07, 6.45) is 2.16. The predicted octanol–water partition coefficient (Wildman–Crippen LogP) is 2.02. The average molecular weight is 214 g/mol. The molecule has 0 spiro atoms. The van der Waals surface area contributed by atoms with E-state index in [9.17, 15) is 4.79 Å². The van der Waals surface area contributed by atoms with Gasteiger partial charge in [0.05, 0.1) is 12.4 Å². The molecular formula is C11H18O4. The fourth-order valence-corrected chi connectivity index (χ4v) is 1.01. The first kappa shape index (κ1) is 13.7. The van der Waals surface area contributed by atoms with Crippen LogP contribution >= 0.6 is 0 Å². The van der Waals surface area contributed by atoms with Gasteiger partial charge in [0.1, 0.15) is 6.61 Å². The highest BCUT2D eigenvalue weighted by Crippen LogP contribution is 2.14. The van der Waals surface area contributed by atoms with Gasteiger partial charge >= 0.3 is 5.97 Å². The lowest BCUT2D eigenvalue weighted by Gasteiger charge is -2.27. The van der Waals surface area contributed by atoms with Crippen molar-refractivity contribution in [1.82, 2.24) is 0 Å². The van der Waals surface area contributed by atoms with Gasteiger partial charge in [-0.1, -0.05) is 13.2 Å². The highest BCUT2D eigenvalue weighted by atomic mass is 16.7. The van der Waals surface area contributed by atoms with E-state index in [1.54, 1.807) is 20.8 Å². The Kier molecular flexibility index (Phi) is 5.70. The van der Waals surface area contributed by atoms with Crippen molar-refractivity contribution < 1.29 is 19.0 Å². The Morgan fingerprint density at radius 3 is 2.53 bits per heavy atom. The van der Waals surface area contributed by atoms with E-state index in [0.717, 1.165) is 6.08 Å². The Hall–Kier alpha value is -1.29. The van der Waals surface area contributed by atoms with Crippen molar-refractivity contribution in [2.45, 2.75) is 32.7 Å². The molecule has 0 bridgehead atoms. The smallest absolute Gasteiger partial charge is 0.330 e. The van der Waals surface area contributed by atoms with Gasteiger partial charge in [-0.2, -0.15) is 0 Å². The number of carbonyl (C=O) groups excluding carboxylic acids is 1. The van der Waals surface area contributed by atoms with Crippen molar-refractivity contribution in [2.75, 3.05) is 6.61 Å². The number of hydrogen-bond donors (Lipinski definition) is 0. The van der Waals surface area contributed by atoms with Crippen LogP contribution in [0.1, 0.15) is 20.8 Å². The van der Waals surface area contributed by atoms with Crippen LogP contribution in [0.25, 0.3) is 0 Å². The second kappa shape index (κ2) is 6.24. The first-order valence-electron chi connectivity index (χ1n) is 4.67. The monoisotopic (exact) mass is 214 g/mol. The molecule has 1 unspecified atom stereocenters. The van der Waals surface area contributed by atoms with Crippen molar-refractivity contribution in [3.8, 4) is 0 Å². The van der Waals surface area contributed by atoms with E-state index in [1.807, 2.05) is 0 Å². The van der Waals surface area contributed by atoms with Gasteiger partial charge in [0.25, 0.3) is 0 Å². The minimum absolute atomic E-state index is 0.161. The molecule has 4 heteroatoms. The predicted molar refractivity (Wildman–Crippen MR) is 57.1 cm³/mol. The fraction of sp³-hybridized carbons (Fsp3) is 0.545. The average Bonchev–Trinajstić information content (AvgIpc) is 2.13. The molecule has 0 heterocycles. The Balaban J connectivity index is 3.91. The van der Waals surface area contributed by atoms with E-state index in [-0.39, 0.29) is 12.7 Å². The first-order chi connectivity index (χ1) is 6.91. The Labute approximate surface area is 90.5 Å². The molecule has 0 amide bonds. The van der Waals surface area contributed by atoms with Crippen LogP contribution in [-0.4, -0.2) is 24.5 Å². The summed E-state index contributed by atoms with van der Waals surface area (Å²) in [5.41, 5.74) is 0. The van der Waals surface area contributed by atoms with Crippen molar-refractivity contribution >= 4 is 5.97 Å². The number of esters is 1. The lowest BCUT2D eigenvalue weighted by molar-refractivity contribution is -0.214. The topological polar surface area (TPSA) is 44.8 Å². The summed E-state index contributed by atoms with van der Waals surface area (Å²) in [4.78, 5) is 10.8. The maximum absolute atomic E-state index is 10.8. The zero-order valence-electron chi connectivity index (χ0n) is 9.49. The molecule has 0 aliphatic carbocycles. The van der Waals surface area contributed by atoms with Gasteiger partial charge < -0.3 is 14.2 Å². The minimum atomic E-state index is -0.776. The molecule has 0 aliphatic heterocycles. The fourth-order valence-electron chi connectivity index (χ4n) is 1.01. The van der Waals surface area contributed by atoms with E-state index >= 15 is 0 Å². The number of hydrogen-bond acceptors (Lipinski definition) is 4. The molecule has 15 heavy (non-hydrogen) atoms.